The molecular formula is C29H33N3O3. The summed E-state index contributed by atoms with van der Waals surface area (Å²) in [4.78, 5) is 31.0. The molecule has 1 saturated carbocycles. The van der Waals surface area contributed by atoms with Crippen molar-refractivity contribution in [2.45, 2.75) is 45.1 Å². The van der Waals surface area contributed by atoms with Crippen molar-refractivity contribution in [2.24, 2.45) is 5.92 Å². The van der Waals surface area contributed by atoms with Gasteiger partial charge in [0.05, 0.1) is 24.2 Å². The first-order valence-electron chi connectivity index (χ1n) is 12.6. The number of hydrogen-bond acceptors (Lipinski definition) is 3. The lowest BCUT2D eigenvalue weighted by atomic mass is 9.84. The predicted octanol–water partition coefficient (Wildman–Crippen LogP) is 5.35. The summed E-state index contributed by atoms with van der Waals surface area (Å²) in [7, 11) is 1.65. The second kappa shape index (κ2) is 9.98. The number of benzene rings is 2. The highest BCUT2D eigenvalue weighted by Crippen LogP contribution is 2.42. The zero-order valence-electron chi connectivity index (χ0n) is 20.5. The molecule has 2 amide bonds. The minimum atomic E-state index is -0.301. The van der Waals surface area contributed by atoms with Crippen molar-refractivity contribution in [3.05, 3.63) is 78.1 Å². The minimum Gasteiger partial charge on any atom is -0.497 e. The van der Waals surface area contributed by atoms with E-state index >= 15 is 0 Å². The zero-order chi connectivity index (χ0) is 24.4. The van der Waals surface area contributed by atoms with Crippen LogP contribution in [0.3, 0.4) is 0 Å². The van der Waals surface area contributed by atoms with Crippen molar-refractivity contribution in [1.82, 2.24) is 9.47 Å². The molecule has 1 atom stereocenters. The van der Waals surface area contributed by atoms with E-state index in [0.29, 0.717) is 6.54 Å². The number of rotatable bonds is 8. The summed E-state index contributed by atoms with van der Waals surface area (Å²) in [6.45, 7) is 2.83. The summed E-state index contributed by atoms with van der Waals surface area (Å²) in [5.74, 6) is 0.917. The van der Waals surface area contributed by atoms with Gasteiger partial charge in [-0.1, -0.05) is 44.0 Å². The third-order valence-electron chi connectivity index (χ3n) is 7.29. The number of para-hydroxylation sites is 2. The number of amides is 2. The molecule has 3 aromatic rings. The highest BCUT2D eigenvalue weighted by molar-refractivity contribution is 6.00. The Morgan fingerprint density at radius 1 is 1.00 bits per heavy atom. The summed E-state index contributed by atoms with van der Waals surface area (Å²) in [5, 5.41) is 0. The summed E-state index contributed by atoms with van der Waals surface area (Å²) in [5.41, 5.74) is 3.84. The molecule has 0 N–H and O–H groups in total. The SMILES string of the molecule is CCCCN(CC(=O)N1c2ccccc2-n2cccc2C1c1ccc(OC)cc1)C(=O)C1CCC1. The fourth-order valence-corrected chi connectivity index (χ4v) is 5.13. The van der Waals surface area contributed by atoms with E-state index in [0.717, 1.165) is 60.5 Å². The Morgan fingerprint density at radius 2 is 1.74 bits per heavy atom. The van der Waals surface area contributed by atoms with E-state index in [2.05, 4.69) is 17.6 Å². The quantitative estimate of drug-likeness (QED) is 0.445. The Hall–Kier alpha value is -3.54. The molecule has 0 radical (unpaired) electrons. The van der Waals surface area contributed by atoms with Crippen LogP contribution in [0.4, 0.5) is 5.69 Å². The maximum Gasteiger partial charge on any atom is 0.247 e. The topological polar surface area (TPSA) is 54.8 Å². The maximum atomic E-state index is 14.1. The molecule has 1 aromatic heterocycles. The summed E-state index contributed by atoms with van der Waals surface area (Å²) in [6, 6.07) is 19.7. The highest BCUT2D eigenvalue weighted by atomic mass is 16.5. The van der Waals surface area contributed by atoms with Crippen molar-refractivity contribution in [3.8, 4) is 11.4 Å². The van der Waals surface area contributed by atoms with Gasteiger partial charge in [0.15, 0.2) is 0 Å². The van der Waals surface area contributed by atoms with Gasteiger partial charge in [0, 0.05) is 18.7 Å². The summed E-state index contributed by atoms with van der Waals surface area (Å²) >= 11 is 0. The lowest BCUT2D eigenvalue weighted by Gasteiger charge is -2.40. The number of carbonyl (C=O) groups excluding carboxylic acids is 2. The van der Waals surface area contributed by atoms with Crippen LogP contribution in [0.2, 0.25) is 0 Å². The van der Waals surface area contributed by atoms with E-state index in [4.69, 9.17) is 4.74 Å². The second-order valence-corrected chi connectivity index (χ2v) is 9.47. The van der Waals surface area contributed by atoms with Crippen LogP contribution >= 0.6 is 0 Å². The third kappa shape index (κ3) is 4.33. The largest absolute Gasteiger partial charge is 0.497 e. The number of hydrogen-bond donors (Lipinski definition) is 0. The Labute approximate surface area is 207 Å². The average molecular weight is 472 g/mol. The van der Waals surface area contributed by atoms with Crippen molar-refractivity contribution in [3.63, 3.8) is 0 Å². The van der Waals surface area contributed by atoms with Crippen LogP contribution in [-0.2, 0) is 9.59 Å². The van der Waals surface area contributed by atoms with Crippen LogP contribution in [0.5, 0.6) is 5.75 Å². The first kappa shape index (κ1) is 23.2. The van der Waals surface area contributed by atoms with Gasteiger partial charge in [0.1, 0.15) is 18.3 Å². The Bertz CT molecular complexity index is 1200. The van der Waals surface area contributed by atoms with Crippen molar-refractivity contribution < 1.29 is 14.3 Å². The van der Waals surface area contributed by atoms with E-state index in [1.165, 1.54) is 0 Å². The molecule has 2 aromatic carbocycles. The van der Waals surface area contributed by atoms with Crippen molar-refractivity contribution in [2.75, 3.05) is 25.1 Å². The molecule has 1 unspecified atom stereocenters. The Morgan fingerprint density at radius 3 is 2.40 bits per heavy atom. The van der Waals surface area contributed by atoms with E-state index < -0.39 is 0 Å². The fraction of sp³-hybridized carbons (Fsp3) is 0.379. The summed E-state index contributed by atoms with van der Waals surface area (Å²) < 4.78 is 7.52. The lowest BCUT2D eigenvalue weighted by molar-refractivity contribution is -0.141. The monoisotopic (exact) mass is 471 g/mol. The van der Waals surface area contributed by atoms with Gasteiger partial charge in [-0.2, -0.15) is 0 Å². The molecule has 0 saturated heterocycles. The van der Waals surface area contributed by atoms with Gasteiger partial charge in [-0.25, -0.2) is 0 Å². The molecule has 6 heteroatoms. The van der Waals surface area contributed by atoms with Gasteiger partial charge >= 0.3 is 0 Å². The highest BCUT2D eigenvalue weighted by Gasteiger charge is 2.38. The number of carbonyl (C=O) groups is 2. The smallest absolute Gasteiger partial charge is 0.247 e. The average Bonchev–Trinajstić information content (AvgIpc) is 3.34. The van der Waals surface area contributed by atoms with Gasteiger partial charge in [0.2, 0.25) is 11.8 Å². The number of unbranched alkanes of at least 4 members (excludes halogenated alkanes) is 1. The molecule has 1 fully saturated rings. The van der Waals surface area contributed by atoms with Crippen LogP contribution in [-0.4, -0.2) is 41.5 Å². The molecule has 35 heavy (non-hydrogen) atoms. The Balaban J connectivity index is 1.54. The summed E-state index contributed by atoms with van der Waals surface area (Å²) in [6.07, 6.45) is 6.89. The molecule has 2 heterocycles. The van der Waals surface area contributed by atoms with Crippen LogP contribution in [0, 0.1) is 5.92 Å². The number of nitrogens with zero attached hydrogens (tertiary/aromatic N) is 3. The molecule has 5 rings (SSSR count). The van der Waals surface area contributed by atoms with Crippen LogP contribution in [0.1, 0.15) is 56.3 Å². The predicted molar refractivity (Wildman–Crippen MR) is 137 cm³/mol. The second-order valence-electron chi connectivity index (χ2n) is 9.47. The standard InChI is InChI=1S/C29H33N3O3/c1-3-4-18-30(29(34)22-9-7-10-22)20-27(33)32-25-12-6-5-11-24(25)31-19-8-13-26(31)28(32)21-14-16-23(35-2)17-15-21/h5-6,8,11-17,19,22,28H,3-4,7,9-10,18,20H2,1-2H3. The molecule has 2 aliphatic rings. The fourth-order valence-electron chi connectivity index (χ4n) is 5.13. The van der Waals surface area contributed by atoms with Gasteiger partial charge < -0.3 is 14.2 Å². The molecule has 6 nitrogen and oxygen atoms in total. The van der Waals surface area contributed by atoms with E-state index in [9.17, 15) is 9.59 Å². The molecule has 0 spiro atoms. The third-order valence-corrected chi connectivity index (χ3v) is 7.29. The lowest BCUT2D eigenvalue weighted by Crippen LogP contribution is -2.48. The molecule has 0 bridgehead atoms. The van der Waals surface area contributed by atoms with Crippen molar-refractivity contribution in [1.29, 1.82) is 0 Å². The molecule has 1 aliphatic carbocycles. The van der Waals surface area contributed by atoms with Gasteiger partial charge in [-0.05, 0) is 61.2 Å². The maximum absolute atomic E-state index is 14.1. The zero-order valence-corrected chi connectivity index (χ0v) is 20.5. The Kier molecular flexibility index (Phi) is 6.62. The first-order valence-corrected chi connectivity index (χ1v) is 12.6. The van der Waals surface area contributed by atoms with E-state index in [-0.39, 0.29) is 30.3 Å². The van der Waals surface area contributed by atoms with Crippen molar-refractivity contribution >= 4 is 17.5 Å². The van der Waals surface area contributed by atoms with Crippen LogP contribution in [0.25, 0.3) is 5.69 Å². The van der Waals surface area contributed by atoms with Crippen LogP contribution in [0.15, 0.2) is 66.9 Å². The van der Waals surface area contributed by atoms with Gasteiger partial charge in [-0.3, -0.25) is 14.5 Å². The number of methoxy groups -OCH3 is 1. The van der Waals surface area contributed by atoms with Gasteiger partial charge in [-0.15, -0.1) is 0 Å². The molecular weight excluding hydrogens is 438 g/mol. The number of aromatic nitrogens is 1. The minimum absolute atomic E-state index is 0.0607. The number of anilines is 1. The van der Waals surface area contributed by atoms with Gasteiger partial charge in [0.25, 0.3) is 0 Å². The van der Waals surface area contributed by atoms with Crippen LogP contribution < -0.4 is 9.64 Å². The molecule has 182 valence electrons. The normalized spacial score (nSPS) is 16.7. The van der Waals surface area contributed by atoms with E-state index in [1.54, 1.807) is 12.0 Å². The number of fused-ring (bicyclic) bond motifs is 3. The first-order chi connectivity index (χ1) is 17.1. The molecule has 1 aliphatic heterocycles. The number of ether oxygens (including phenoxy) is 1. The van der Waals surface area contributed by atoms with E-state index in [1.807, 2.05) is 65.7 Å².